The molecule has 0 unspecified atom stereocenters. The summed E-state index contributed by atoms with van der Waals surface area (Å²) in [5.74, 6) is 1.71. The van der Waals surface area contributed by atoms with E-state index in [9.17, 15) is 0 Å². The molecule has 0 radical (unpaired) electrons. The fourth-order valence-electron chi connectivity index (χ4n) is 2.75. The van der Waals surface area contributed by atoms with Gasteiger partial charge in [-0.25, -0.2) is 4.98 Å². The van der Waals surface area contributed by atoms with Gasteiger partial charge in [0.15, 0.2) is 0 Å². The normalized spacial score (nSPS) is 11.2. The molecule has 0 aliphatic heterocycles. The monoisotopic (exact) mass is 349 g/mol. The van der Waals surface area contributed by atoms with Crippen molar-refractivity contribution in [1.82, 2.24) is 9.97 Å². The van der Waals surface area contributed by atoms with Crippen LogP contribution in [0.15, 0.2) is 59.4 Å². The van der Waals surface area contributed by atoms with Crippen LogP contribution in [0.4, 0.5) is 11.5 Å². The van der Waals surface area contributed by atoms with Gasteiger partial charge in [0.2, 0.25) is 0 Å². The maximum Gasteiger partial charge on any atom is 0.139 e. The van der Waals surface area contributed by atoms with Crippen LogP contribution in [-0.2, 0) is 0 Å². The molecule has 0 amide bonds. The van der Waals surface area contributed by atoms with Crippen LogP contribution in [0.1, 0.15) is 13.8 Å². The van der Waals surface area contributed by atoms with E-state index in [1.54, 1.807) is 11.3 Å². The van der Waals surface area contributed by atoms with Gasteiger partial charge in [0.05, 0.1) is 11.6 Å². The number of aromatic nitrogens is 2. The zero-order valence-corrected chi connectivity index (χ0v) is 14.9. The molecule has 0 saturated heterocycles. The zero-order valence-electron chi connectivity index (χ0n) is 14.1. The number of pyridine rings is 1. The van der Waals surface area contributed by atoms with Crippen LogP contribution in [0.2, 0.25) is 0 Å². The third-order valence-corrected chi connectivity index (χ3v) is 4.55. The number of hydrogen-bond donors (Lipinski definition) is 2. The standard InChI is InChI=1S/C20H19N3OS/c1-13(2)24-16-5-3-15(4-6-16)22-20-17-11-19(14-8-10-25-12-14)23-18(17)7-9-21-20/h3-13,23H,1-2H3,(H,21,22). The van der Waals surface area contributed by atoms with Crippen molar-refractivity contribution in [2.24, 2.45) is 0 Å². The van der Waals surface area contributed by atoms with Gasteiger partial charge >= 0.3 is 0 Å². The fourth-order valence-corrected chi connectivity index (χ4v) is 3.41. The van der Waals surface area contributed by atoms with E-state index >= 15 is 0 Å². The van der Waals surface area contributed by atoms with E-state index in [4.69, 9.17) is 4.74 Å². The highest BCUT2D eigenvalue weighted by molar-refractivity contribution is 7.08. The molecule has 4 aromatic rings. The van der Waals surface area contributed by atoms with Crippen molar-refractivity contribution in [3.8, 4) is 17.0 Å². The summed E-state index contributed by atoms with van der Waals surface area (Å²) in [6, 6.07) is 14.2. The summed E-state index contributed by atoms with van der Waals surface area (Å²) >= 11 is 1.69. The molecule has 0 fully saturated rings. The molecule has 0 bridgehead atoms. The molecule has 4 nitrogen and oxygen atoms in total. The number of aromatic amines is 1. The van der Waals surface area contributed by atoms with E-state index in [1.165, 1.54) is 5.56 Å². The lowest BCUT2D eigenvalue weighted by Crippen LogP contribution is -2.05. The van der Waals surface area contributed by atoms with Crippen LogP contribution in [0, 0.1) is 0 Å². The molecular weight excluding hydrogens is 330 g/mol. The average molecular weight is 349 g/mol. The topological polar surface area (TPSA) is 49.9 Å². The Hall–Kier alpha value is -2.79. The molecule has 5 heteroatoms. The first kappa shape index (κ1) is 15.7. The second-order valence-electron chi connectivity index (χ2n) is 6.13. The zero-order chi connectivity index (χ0) is 17.2. The Morgan fingerprint density at radius 2 is 1.96 bits per heavy atom. The van der Waals surface area contributed by atoms with Gasteiger partial charge in [-0.15, -0.1) is 0 Å². The van der Waals surface area contributed by atoms with Crippen molar-refractivity contribution in [3.63, 3.8) is 0 Å². The number of rotatable bonds is 5. The number of hydrogen-bond acceptors (Lipinski definition) is 4. The van der Waals surface area contributed by atoms with Gasteiger partial charge in [-0.2, -0.15) is 11.3 Å². The third-order valence-electron chi connectivity index (χ3n) is 3.87. The number of fused-ring (bicyclic) bond motifs is 1. The predicted molar refractivity (Wildman–Crippen MR) is 105 cm³/mol. The summed E-state index contributed by atoms with van der Waals surface area (Å²) in [4.78, 5) is 7.97. The van der Waals surface area contributed by atoms with Crippen molar-refractivity contribution in [2.75, 3.05) is 5.32 Å². The molecule has 126 valence electrons. The Balaban J connectivity index is 1.63. The van der Waals surface area contributed by atoms with Crippen molar-refractivity contribution >= 4 is 33.7 Å². The van der Waals surface area contributed by atoms with Crippen LogP contribution in [0.3, 0.4) is 0 Å². The Kier molecular flexibility index (Phi) is 4.15. The molecule has 25 heavy (non-hydrogen) atoms. The highest BCUT2D eigenvalue weighted by Gasteiger charge is 2.09. The van der Waals surface area contributed by atoms with Gasteiger partial charge < -0.3 is 15.0 Å². The summed E-state index contributed by atoms with van der Waals surface area (Å²) in [5, 5.41) is 8.70. The van der Waals surface area contributed by atoms with Gasteiger partial charge in [0.1, 0.15) is 11.6 Å². The van der Waals surface area contributed by atoms with Crippen LogP contribution >= 0.6 is 11.3 Å². The SMILES string of the molecule is CC(C)Oc1ccc(Nc2nccc3[nH]c(-c4ccsc4)cc23)cc1. The van der Waals surface area contributed by atoms with E-state index < -0.39 is 0 Å². The smallest absolute Gasteiger partial charge is 0.139 e. The minimum absolute atomic E-state index is 0.171. The largest absolute Gasteiger partial charge is 0.491 e. The summed E-state index contributed by atoms with van der Waals surface area (Å²) in [7, 11) is 0. The van der Waals surface area contributed by atoms with Crippen LogP contribution in [0.25, 0.3) is 22.2 Å². The third kappa shape index (κ3) is 3.37. The molecule has 2 N–H and O–H groups in total. The second kappa shape index (κ2) is 6.61. The summed E-state index contributed by atoms with van der Waals surface area (Å²) in [5.41, 5.74) is 4.35. The number of H-pyrrole nitrogens is 1. The molecular formula is C20H19N3OS. The lowest BCUT2D eigenvalue weighted by molar-refractivity contribution is 0.242. The van der Waals surface area contributed by atoms with Gasteiger partial charge in [-0.05, 0) is 61.7 Å². The molecule has 4 rings (SSSR count). The van der Waals surface area contributed by atoms with Crippen molar-refractivity contribution in [2.45, 2.75) is 20.0 Å². The minimum Gasteiger partial charge on any atom is -0.491 e. The summed E-state index contributed by atoms with van der Waals surface area (Å²) in [6.07, 6.45) is 1.99. The quantitative estimate of drug-likeness (QED) is 0.477. The highest BCUT2D eigenvalue weighted by Crippen LogP contribution is 2.30. The number of anilines is 2. The van der Waals surface area contributed by atoms with Gasteiger partial charge in [-0.3, -0.25) is 0 Å². The Morgan fingerprint density at radius 1 is 1.12 bits per heavy atom. The van der Waals surface area contributed by atoms with Gasteiger partial charge in [-0.1, -0.05) is 0 Å². The molecule has 1 aromatic carbocycles. The predicted octanol–water partition coefficient (Wildman–Crippen LogP) is 5.82. The maximum atomic E-state index is 5.69. The number of nitrogens with one attached hydrogen (secondary N) is 2. The number of nitrogens with zero attached hydrogens (tertiary/aromatic N) is 1. The fraction of sp³-hybridized carbons (Fsp3) is 0.150. The van der Waals surface area contributed by atoms with Crippen LogP contribution < -0.4 is 10.1 Å². The van der Waals surface area contributed by atoms with Crippen molar-refractivity contribution in [1.29, 1.82) is 0 Å². The number of ether oxygens (including phenoxy) is 1. The highest BCUT2D eigenvalue weighted by atomic mass is 32.1. The first-order valence-electron chi connectivity index (χ1n) is 8.23. The van der Waals surface area contributed by atoms with E-state index in [0.717, 1.165) is 33.9 Å². The van der Waals surface area contributed by atoms with E-state index in [0.29, 0.717) is 0 Å². The van der Waals surface area contributed by atoms with Crippen LogP contribution in [0.5, 0.6) is 5.75 Å². The lowest BCUT2D eigenvalue weighted by atomic mass is 10.2. The van der Waals surface area contributed by atoms with E-state index in [-0.39, 0.29) is 6.10 Å². The minimum atomic E-state index is 0.171. The Morgan fingerprint density at radius 3 is 2.68 bits per heavy atom. The van der Waals surface area contributed by atoms with E-state index in [2.05, 4.69) is 38.2 Å². The molecule has 0 saturated carbocycles. The maximum absolute atomic E-state index is 5.69. The Bertz CT molecular complexity index is 972. The molecule has 0 spiro atoms. The Labute approximate surface area is 150 Å². The molecule has 3 aromatic heterocycles. The molecule has 0 atom stereocenters. The summed E-state index contributed by atoms with van der Waals surface area (Å²) in [6.45, 7) is 4.04. The second-order valence-corrected chi connectivity index (χ2v) is 6.91. The molecule has 0 aliphatic rings. The summed E-state index contributed by atoms with van der Waals surface area (Å²) < 4.78 is 5.69. The molecule has 0 aliphatic carbocycles. The average Bonchev–Trinajstić information content (AvgIpc) is 3.25. The molecule has 3 heterocycles. The first-order valence-corrected chi connectivity index (χ1v) is 9.17. The van der Waals surface area contributed by atoms with Crippen molar-refractivity contribution < 1.29 is 4.74 Å². The lowest BCUT2D eigenvalue weighted by Gasteiger charge is -2.11. The van der Waals surface area contributed by atoms with Gasteiger partial charge in [0.25, 0.3) is 0 Å². The van der Waals surface area contributed by atoms with Crippen LogP contribution in [-0.4, -0.2) is 16.1 Å². The van der Waals surface area contributed by atoms with Gasteiger partial charge in [0, 0.05) is 33.9 Å². The number of benzene rings is 1. The van der Waals surface area contributed by atoms with E-state index in [1.807, 2.05) is 50.4 Å². The van der Waals surface area contributed by atoms with Crippen molar-refractivity contribution in [3.05, 3.63) is 59.4 Å². The number of thiophene rings is 1. The first-order chi connectivity index (χ1) is 12.2.